The number of hydrogen-bond acceptors (Lipinski definition) is 3. The fraction of sp³-hybridized carbons (Fsp3) is 0.588. The van der Waals surface area contributed by atoms with E-state index in [1.807, 2.05) is 0 Å². The van der Waals surface area contributed by atoms with E-state index in [1.165, 1.54) is 18.2 Å². The third kappa shape index (κ3) is 3.46. The van der Waals surface area contributed by atoms with Crippen LogP contribution >= 0.6 is 0 Å². The Bertz CT molecular complexity index is 507. The number of carbonyl (C=O) groups excluding carboxylic acids is 1. The molecule has 3 nitrogen and oxygen atoms in total. The van der Waals surface area contributed by atoms with E-state index < -0.39 is 23.1 Å². The van der Waals surface area contributed by atoms with E-state index in [1.54, 1.807) is 13.8 Å². The SMILES string of the molecule is CCOC(=O)C(C)NCC1(c2c(F)cccc2F)CCCC1. The molecule has 1 atom stereocenters. The first-order valence-electron chi connectivity index (χ1n) is 7.84. The van der Waals surface area contributed by atoms with Crippen LogP contribution in [0.15, 0.2) is 18.2 Å². The molecule has 0 radical (unpaired) electrons. The van der Waals surface area contributed by atoms with Gasteiger partial charge in [-0.2, -0.15) is 0 Å². The van der Waals surface area contributed by atoms with Crippen molar-refractivity contribution >= 4 is 5.97 Å². The largest absolute Gasteiger partial charge is 0.465 e. The van der Waals surface area contributed by atoms with E-state index in [-0.39, 0.29) is 11.5 Å². The van der Waals surface area contributed by atoms with Gasteiger partial charge in [-0.25, -0.2) is 8.78 Å². The van der Waals surface area contributed by atoms with Gasteiger partial charge in [0, 0.05) is 17.5 Å². The Balaban J connectivity index is 2.18. The van der Waals surface area contributed by atoms with E-state index >= 15 is 0 Å². The van der Waals surface area contributed by atoms with Crippen molar-refractivity contribution in [2.75, 3.05) is 13.2 Å². The minimum atomic E-state index is -0.587. The first-order valence-corrected chi connectivity index (χ1v) is 7.84. The highest BCUT2D eigenvalue weighted by molar-refractivity contribution is 5.75. The number of carbonyl (C=O) groups is 1. The number of benzene rings is 1. The van der Waals surface area contributed by atoms with Gasteiger partial charge in [-0.05, 0) is 38.8 Å². The van der Waals surface area contributed by atoms with Gasteiger partial charge in [-0.1, -0.05) is 18.9 Å². The number of hydrogen-bond donors (Lipinski definition) is 1. The van der Waals surface area contributed by atoms with Crippen LogP contribution in [0, 0.1) is 11.6 Å². The molecule has 0 aromatic heterocycles. The monoisotopic (exact) mass is 311 g/mol. The summed E-state index contributed by atoms with van der Waals surface area (Å²) in [4.78, 5) is 11.7. The Hall–Kier alpha value is -1.49. The summed E-state index contributed by atoms with van der Waals surface area (Å²) in [5, 5.41) is 3.10. The molecule has 1 aromatic carbocycles. The molecule has 122 valence electrons. The average Bonchev–Trinajstić information content (AvgIpc) is 2.94. The van der Waals surface area contributed by atoms with Crippen LogP contribution in [0.2, 0.25) is 0 Å². The van der Waals surface area contributed by atoms with Crippen LogP contribution in [0.25, 0.3) is 0 Å². The zero-order chi connectivity index (χ0) is 16.2. The first-order chi connectivity index (χ1) is 10.5. The number of rotatable bonds is 6. The van der Waals surface area contributed by atoms with Gasteiger partial charge >= 0.3 is 5.97 Å². The predicted octanol–water partition coefficient (Wildman–Crippen LogP) is 3.32. The summed E-state index contributed by atoms with van der Waals surface area (Å²) in [6.45, 7) is 4.14. The molecular formula is C17H23F2NO2. The second-order valence-electron chi connectivity index (χ2n) is 5.94. The lowest BCUT2D eigenvalue weighted by Gasteiger charge is -2.31. The van der Waals surface area contributed by atoms with Gasteiger partial charge in [-0.15, -0.1) is 0 Å². The fourth-order valence-corrected chi connectivity index (χ4v) is 3.27. The highest BCUT2D eigenvalue weighted by Gasteiger charge is 2.40. The number of esters is 1. The van der Waals surface area contributed by atoms with E-state index in [2.05, 4.69) is 5.32 Å². The lowest BCUT2D eigenvalue weighted by molar-refractivity contribution is -0.145. The summed E-state index contributed by atoms with van der Waals surface area (Å²) in [5.74, 6) is -1.36. The standard InChI is InChI=1S/C17H23F2NO2/c1-3-22-16(21)12(2)20-11-17(9-4-5-10-17)15-13(18)7-6-8-14(15)19/h6-8,12,20H,3-5,9-11H2,1-2H3. The molecule has 0 saturated heterocycles. The van der Waals surface area contributed by atoms with Crippen molar-refractivity contribution in [1.82, 2.24) is 5.32 Å². The molecule has 0 bridgehead atoms. The molecule has 0 aliphatic heterocycles. The Labute approximate surface area is 130 Å². The minimum absolute atomic E-state index is 0.149. The van der Waals surface area contributed by atoms with E-state index in [4.69, 9.17) is 4.74 Å². The maximum absolute atomic E-state index is 14.2. The van der Waals surface area contributed by atoms with Gasteiger partial charge in [-0.3, -0.25) is 4.79 Å². The number of ether oxygens (including phenoxy) is 1. The molecule has 1 saturated carbocycles. The van der Waals surface area contributed by atoms with E-state index in [9.17, 15) is 13.6 Å². The molecule has 1 aliphatic rings. The Morgan fingerprint density at radius 3 is 2.45 bits per heavy atom. The lowest BCUT2D eigenvalue weighted by atomic mass is 9.78. The molecule has 1 unspecified atom stereocenters. The summed E-state index contributed by atoms with van der Waals surface area (Å²) in [6, 6.07) is 3.48. The zero-order valence-electron chi connectivity index (χ0n) is 13.1. The van der Waals surface area contributed by atoms with Crippen LogP contribution in [0.1, 0.15) is 45.1 Å². The molecule has 0 amide bonds. The summed E-state index contributed by atoms with van der Waals surface area (Å²) >= 11 is 0. The maximum Gasteiger partial charge on any atom is 0.322 e. The summed E-state index contributed by atoms with van der Waals surface area (Å²) in [6.07, 6.45) is 3.30. The molecule has 1 aliphatic carbocycles. The van der Waals surface area contributed by atoms with Gasteiger partial charge in [0.15, 0.2) is 0 Å². The molecule has 5 heteroatoms. The second kappa shape index (κ2) is 7.18. The fourth-order valence-electron chi connectivity index (χ4n) is 3.27. The van der Waals surface area contributed by atoms with Crippen molar-refractivity contribution in [2.24, 2.45) is 0 Å². The zero-order valence-corrected chi connectivity index (χ0v) is 13.1. The number of nitrogens with one attached hydrogen (secondary N) is 1. The molecule has 0 heterocycles. The van der Waals surface area contributed by atoms with Gasteiger partial charge in [0.1, 0.15) is 17.7 Å². The second-order valence-corrected chi connectivity index (χ2v) is 5.94. The van der Waals surface area contributed by atoms with Crippen molar-refractivity contribution in [3.05, 3.63) is 35.4 Å². The third-order valence-corrected chi connectivity index (χ3v) is 4.44. The summed E-state index contributed by atoms with van der Waals surface area (Å²) in [7, 11) is 0. The van der Waals surface area contributed by atoms with Crippen molar-refractivity contribution < 1.29 is 18.3 Å². The van der Waals surface area contributed by atoms with Crippen LogP contribution < -0.4 is 5.32 Å². The Kier molecular flexibility index (Phi) is 5.51. The first kappa shape index (κ1) is 16.9. The van der Waals surface area contributed by atoms with Gasteiger partial charge in [0.2, 0.25) is 0 Å². The Morgan fingerprint density at radius 1 is 1.32 bits per heavy atom. The average molecular weight is 311 g/mol. The molecular weight excluding hydrogens is 288 g/mol. The predicted molar refractivity (Wildman–Crippen MR) is 80.6 cm³/mol. The molecule has 1 fully saturated rings. The quantitative estimate of drug-likeness (QED) is 0.819. The van der Waals surface area contributed by atoms with Crippen LogP contribution in [0.4, 0.5) is 8.78 Å². The van der Waals surface area contributed by atoms with Crippen LogP contribution in [0.3, 0.4) is 0 Å². The normalized spacial score (nSPS) is 18.2. The minimum Gasteiger partial charge on any atom is -0.465 e. The smallest absolute Gasteiger partial charge is 0.322 e. The van der Waals surface area contributed by atoms with Gasteiger partial charge in [0.05, 0.1) is 6.61 Å². The van der Waals surface area contributed by atoms with E-state index in [0.717, 1.165) is 12.8 Å². The van der Waals surface area contributed by atoms with Gasteiger partial charge in [0.25, 0.3) is 0 Å². The van der Waals surface area contributed by atoms with Crippen molar-refractivity contribution in [3.8, 4) is 0 Å². The van der Waals surface area contributed by atoms with Gasteiger partial charge < -0.3 is 10.1 Å². The molecule has 0 spiro atoms. The third-order valence-electron chi connectivity index (χ3n) is 4.44. The molecule has 1 aromatic rings. The highest BCUT2D eigenvalue weighted by Crippen LogP contribution is 2.42. The topological polar surface area (TPSA) is 38.3 Å². The van der Waals surface area contributed by atoms with E-state index in [0.29, 0.717) is 26.0 Å². The van der Waals surface area contributed by atoms with Crippen LogP contribution in [0.5, 0.6) is 0 Å². The summed E-state index contributed by atoms with van der Waals surface area (Å²) in [5.41, 5.74) is -0.438. The van der Waals surface area contributed by atoms with Crippen molar-refractivity contribution in [1.29, 1.82) is 0 Å². The molecule has 1 N–H and O–H groups in total. The highest BCUT2D eigenvalue weighted by atomic mass is 19.1. The molecule has 22 heavy (non-hydrogen) atoms. The summed E-state index contributed by atoms with van der Waals surface area (Å²) < 4.78 is 33.3. The lowest BCUT2D eigenvalue weighted by Crippen LogP contribution is -2.44. The maximum atomic E-state index is 14.2. The Morgan fingerprint density at radius 2 is 1.91 bits per heavy atom. The van der Waals surface area contributed by atoms with Crippen molar-refractivity contribution in [3.63, 3.8) is 0 Å². The van der Waals surface area contributed by atoms with Crippen molar-refractivity contribution in [2.45, 2.75) is 51.0 Å². The molecule has 2 rings (SSSR count). The van der Waals surface area contributed by atoms with Crippen LogP contribution in [-0.4, -0.2) is 25.2 Å². The number of halogens is 2. The van der Waals surface area contributed by atoms with Crippen LogP contribution in [-0.2, 0) is 14.9 Å².